The monoisotopic (exact) mass is 392 g/mol. The first-order valence-corrected chi connectivity index (χ1v) is 9.64. The maximum Gasteiger partial charge on any atom is 0.334 e. The van der Waals surface area contributed by atoms with Crippen molar-refractivity contribution in [2.45, 2.75) is 57.8 Å². The molecule has 0 fully saturated rings. The highest BCUT2D eigenvalue weighted by Crippen LogP contribution is 2.25. The minimum Gasteiger partial charge on any atom is -0.468 e. The summed E-state index contributed by atoms with van der Waals surface area (Å²) in [6.45, 7) is 6.04. The van der Waals surface area contributed by atoms with Crippen LogP contribution in [-0.4, -0.2) is 43.5 Å². The Morgan fingerprint density at radius 1 is 1.07 bits per heavy atom. The second-order valence-corrected chi connectivity index (χ2v) is 6.69. The number of benzene rings is 1. The second-order valence-electron chi connectivity index (χ2n) is 6.69. The highest BCUT2D eigenvalue weighted by molar-refractivity contribution is 5.95. The van der Waals surface area contributed by atoms with Crippen molar-refractivity contribution in [1.82, 2.24) is 0 Å². The lowest BCUT2D eigenvalue weighted by molar-refractivity contribution is -0.156. The average Bonchev–Trinajstić information content (AvgIpc) is 2.72. The molecule has 0 heterocycles. The van der Waals surface area contributed by atoms with Crippen molar-refractivity contribution in [2.24, 2.45) is 5.92 Å². The summed E-state index contributed by atoms with van der Waals surface area (Å²) in [5.74, 6) is -2.75. The lowest BCUT2D eigenvalue weighted by Crippen LogP contribution is -2.42. The van der Waals surface area contributed by atoms with Crippen LogP contribution in [0.3, 0.4) is 0 Å². The number of hydrogen-bond acceptors (Lipinski definition) is 6. The zero-order valence-electron chi connectivity index (χ0n) is 17.1. The Kier molecular flexibility index (Phi) is 11.1. The van der Waals surface area contributed by atoms with Crippen LogP contribution in [0.4, 0.5) is 0 Å². The van der Waals surface area contributed by atoms with Gasteiger partial charge in [-0.2, -0.15) is 0 Å². The molecule has 0 unspecified atom stereocenters. The van der Waals surface area contributed by atoms with Gasteiger partial charge in [-0.3, -0.25) is 4.79 Å². The van der Waals surface area contributed by atoms with Gasteiger partial charge in [0.1, 0.15) is 5.92 Å². The molecule has 0 saturated carbocycles. The largest absolute Gasteiger partial charge is 0.468 e. The number of unbranched alkanes of at least 4 members (excludes halogenated alkanes) is 3. The van der Waals surface area contributed by atoms with Crippen LogP contribution in [-0.2, 0) is 30.4 Å². The van der Waals surface area contributed by atoms with E-state index in [0.29, 0.717) is 6.42 Å². The molecule has 1 aromatic carbocycles. The molecule has 1 aromatic rings. The van der Waals surface area contributed by atoms with E-state index >= 15 is 0 Å². The Hall–Kier alpha value is -2.18. The Bertz CT molecular complexity index is 613. The van der Waals surface area contributed by atoms with E-state index in [1.165, 1.54) is 14.2 Å². The molecule has 0 radical (unpaired) electrons. The summed E-state index contributed by atoms with van der Waals surface area (Å²) in [5, 5.41) is 10.9. The van der Waals surface area contributed by atoms with Crippen molar-refractivity contribution in [3.8, 4) is 0 Å². The fourth-order valence-electron chi connectivity index (χ4n) is 2.99. The van der Waals surface area contributed by atoms with Crippen molar-refractivity contribution in [2.75, 3.05) is 14.2 Å². The summed E-state index contributed by atoms with van der Waals surface area (Å²) >= 11 is 0. The molecule has 0 aliphatic rings. The first kappa shape index (κ1) is 23.9. The SMILES string of the molecule is C=C(C(=O)OC)[C@@H](C(=O)OC)[C@H](O)[C@H](CCCCCC)OCc1ccccc1. The lowest BCUT2D eigenvalue weighted by Gasteiger charge is -2.29. The Balaban J connectivity index is 2.95. The molecule has 0 aliphatic heterocycles. The number of esters is 2. The van der Waals surface area contributed by atoms with Gasteiger partial charge < -0.3 is 19.3 Å². The van der Waals surface area contributed by atoms with Crippen molar-refractivity contribution in [1.29, 1.82) is 0 Å². The van der Waals surface area contributed by atoms with Gasteiger partial charge in [-0.15, -0.1) is 0 Å². The maximum atomic E-state index is 12.3. The van der Waals surface area contributed by atoms with Crippen LogP contribution in [0.25, 0.3) is 0 Å². The molecule has 1 rings (SSSR count). The second kappa shape index (κ2) is 13.1. The van der Waals surface area contributed by atoms with Crippen molar-refractivity contribution >= 4 is 11.9 Å². The van der Waals surface area contributed by atoms with E-state index < -0.39 is 30.1 Å². The number of ether oxygens (including phenoxy) is 3. The number of carbonyl (C=O) groups is 2. The standard InChI is InChI=1S/C22H32O6/c1-5-6-7-11-14-18(28-15-17-12-9-8-10-13-17)20(23)19(22(25)27-4)16(2)21(24)26-3/h8-10,12-13,18-20,23H,2,5-7,11,14-15H2,1,3-4H3/t18-,19+,20+/m0/s1. The van der Waals surface area contributed by atoms with Crippen LogP contribution in [0, 0.1) is 5.92 Å². The third kappa shape index (κ3) is 7.44. The van der Waals surface area contributed by atoms with Crippen molar-refractivity contribution in [3.05, 3.63) is 48.0 Å². The fourth-order valence-corrected chi connectivity index (χ4v) is 2.99. The Labute approximate surface area is 167 Å². The summed E-state index contributed by atoms with van der Waals surface area (Å²) in [5.41, 5.74) is 0.804. The number of hydrogen-bond donors (Lipinski definition) is 1. The van der Waals surface area contributed by atoms with Crippen LogP contribution in [0.15, 0.2) is 42.5 Å². The molecule has 6 nitrogen and oxygen atoms in total. The number of aliphatic hydroxyl groups excluding tert-OH is 1. The van der Waals surface area contributed by atoms with Crippen LogP contribution >= 0.6 is 0 Å². The summed E-state index contributed by atoms with van der Waals surface area (Å²) < 4.78 is 15.4. The third-order valence-electron chi connectivity index (χ3n) is 4.65. The lowest BCUT2D eigenvalue weighted by atomic mass is 9.88. The number of aliphatic hydroxyl groups is 1. The smallest absolute Gasteiger partial charge is 0.334 e. The summed E-state index contributed by atoms with van der Waals surface area (Å²) in [7, 11) is 2.40. The van der Waals surface area contributed by atoms with E-state index in [1.807, 2.05) is 30.3 Å². The predicted octanol–water partition coefficient (Wildman–Crippen LogP) is 3.42. The topological polar surface area (TPSA) is 82.1 Å². The van der Waals surface area contributed by atoms with Gasteiger partial charge in [-0.25, -0.2) is 4.79 Å². The molecule has 3 atom stereocenters. The van der Waals surface area contributed by atoms with Crippen LogP contribution in [0.1, 0.15) is 44.6 Å². The molecular weight excluding hydrogens is 360 g/mol. The van der Waals surface area contributed by atoms with E-state index in [0.717, 1.165) is 31.2 Å². The normalized spacial score (nSPS) is 14.0. The van der Waals surface area contributed by atoms with Gasteiger partial charge in [0.15, 0.2) is 0 Å². The predicted molar refractivity (Wildman–Crippen MR) is 106 cm³/mol. The molecule has 1 N–H and O–H groups in total. The van der Waals surface area contributed by atoms with Crippen LogP contribution in [0.2, 0.25) is 0 Å². The molecule has 0 spiro atoms. The fraction of sp³-hybridized carbons (Fsp3) is 0.545. The molecule has 0 amide bonds. The van der Waals surface area contributed by atoms with E-state index in [-0.39, 0.29) is 12.2 Å². The van der Waals surface area contributed by atoms with Crippen LogP contribution in [0.5, 0.6) is 0 Å². The minimum absolute atomic E-state index is 0.149. The molecule has 0 bridgehead atoms. The van der Waals surface area contributed by atoms with Crippen LogP contribution < -0.4 is 0 Å². The van der Waals surface area contributed by atoms with Gasteiger partial charge in [0.25, 0.3) is 0 Å². The first-order chi connectivity index (χ1) is 13.5. The molecular formula is C22H32O6. The molecule has 6 heteroatoms. The highest BCUT2D eigenvalue weighted by Gasteiger charge is 2.39. The molecule has 28 heavy (non-hydrogen) atoms. The summed E-state index contributed by atoms with van der Waals surface area (Å²) in [6, 6.07) is 9.56. The molecule has 156 valence electrons. The van der Waals surface area contributed by atoms with Gasteiger partial charge in [0.05, 0.1) is 33.0 Å². The van der Waals surface area contributed by atoms with Gasteiger partial charge >= 0.3 is 11.9 Å². The number of rotatable bonds is 13. The average molecular weight is 392 g/mol. The number of methoxy groups -OCH3 is 2. The summed E-state index contributed by atoms with van der Waals surface area (Å²) in [6.07, 6.45) is 2.62. The van der Waals surface area contributed by atoms with Gasteiger partial charge in [0.2, 0.25) is 0 Å². The Morgan fingerprint density at radius 3 is 2.32 bits per heavy atom. The van der Waals surface area contributed by atoms with E-state index in [9.17, 15) is 14.7 Å². The molecule has 0 aromatic heterocycles. The summed E-state index contributed by atoms with van der Waals surface area (Å²) in [4.78, 5) is 24.2. The van der Waals surface area contributed by atoms with Crippen molar-refractivity contribution < 1.29 is 28.9 Å². The van der Waals surface area contributed by atoms with E-state index in [2.05, 4.69) is 18.2 Å². The minimum atomic E-state index is -1.27. The zero-order chi connectivity index (χ0) is 20.9. The Morgan fingerprint density at radius 2 is 1.75 bits per heavy atom. The molecule has 0 saturated heterocycles. The molecule has 0 aliphatic carbocycles. The van der Waals surface area contributed by atoms with Gasteiger partial charge in [0, 0.05) is 5.57 Å². The third-order valence-corrected chi connectivity index (χ3v) is 4.65. The van der Waals surface area contributed by atoms with Gasteiger partial charge in [-0.1, -0.05) is 69.5 Å². The van der Waals surface area contributed by atoms with Crippen molar-refractivity contribution in [3.63, 3.8) is 0 Å². The van der Waals surface area contributed by atoms with E-state index in [4.69, 9.17) is 9.47 Å². The van der Waals surface area contributed by atoms with Gasteiger partial charge in [-0.05, 0) is 12.0 Å². The van der Waals surface area contributed by atoms with E-state index in [1.54, 1.807) is 0 Å². The number of carbonyl (C=O) groups excluding carboxylic acids is 2. The first-order valence-electron chi connectivity index (χ1n) is 9.64. The quantitative estimate of drug-likeness (QED) is 0.315. The maximum absolute atomic E-state index is 12.3. The highest BCUT2D eigenvalue weighted by atomic mass is 16.5. The zero-order valence-corrected chi connectivity index (χ0v) is 17.1.